The molecule has 0 bridgehead atoms. The van der Waals surface area contributed by atoms with E-state index in [4.69, 9.17) is 5.14 Å². The lowest BCUT2D eigenvalue weighted by molar-refractivity contribution is 0.356. The largest absolute Gasteiger partial charge is 0.307 e. The van der Waals surface area contributed by atoms with Crippen LogP contribution in [0.3, 0.4) is 0 Å². The van der Waals surface area contributed by atoms with Crippen molar-refractivity contribution in [3.8, 4) is 0 Å². The molecule has 0 amide bonds. The number of sulfonamides is 1. The maximum atomic E-state index is 11.3. The van der Waals surface area contributed by atoms with Gasteiger partial charge in [-0.2, -0.15) is 0 Å². The Labute approximate surface area is 128 Å². The Bertz CT molecular complexity index is 593. The molecular weight excluding hydrogens is 284 g/mol. The van der Waals surface area contributed by atoms with Crippen molar-refractivity contribution in [2.24, 2.45) is 16.5 Å². The van der Waals surface area contributed by atoms with Crippen molar-refractivity contribution in [2.75, 3.05) is 0 Å². The van der Waals surface area contributed by atoms with Gasteiger partial charge < -0.3 is 5.32 Å². The Kier molecular flexibility index (Phi) is 4.47. The van der Waals surface area contributed by atoms with Crippen molar-refractivity contribution in [3.05, 3.63) is 29.8 Å². The van der Waals surface area contributed by atoms with Gasteiger partial charge in [0.25, 0.3) is 0 Å². The minimum absolute atomic E-state index is 0.161. The summed E-state index contributed by atoms with van der Waals surface area (Å²) in [4.78, 5) is 0.161. The fourth-order valence-electron chi connectivity index (χ4n) is 3.48. The van der Waals surface area contributed by atoms with E-state index in [0.29, 0.717) is 17.4 Å². The van der Waals surface area contributed by atoms with E-state index in [0.717, 1.165) is 5.56 Å². The van der Waals surface area contributed by atoms with E-state index >= 15 is 0 Å². The minimum atomic E-state index is -3.61. The number of nitrogens with two attached hydrogens (primary N) is 1. The highest BCUT2D eigenvalue weighted by molar-refractivity contribution is 7.89. The summed E-state index contributed by atoms with van der Waals surface area (Å²) in [6, 6.07) is 7.52. The maximum Gasteiger partial charge on any atom is 0.238 e. The van der Waals surface area contributed by atoms with Crippen molar-refractivity contribution < 1.29 is 8.42 Å². The van der Waals surface area contributed by atoms with Crippen molar-refractivity contribution in [1.82, 2.24) is 5.32 Å². The summed E-state index contributed by atoms with van der Waals surface area (Å²) < 4.78 is 22.5. The molecule has 1 fully saturated rings. The zero-order chi connectivity index (χ0) is 15.8. The van der Waals surface area contributed by atoms with Crippen LogP contribution in [-0.4, -0.2) is 14.5 Å². The van der Waals surface area contributed by atoms with Crippen molar-refractivity contribution in [3.63, 3.8) is 0 Å². The summed E-state index contributed by atoms with van der Waals surface area (Å²) in [5, 5.41) is 8.80. The number of hydrogen-bond donors (Lipinski definition) is 2. The molecule has 5 heteroatoms. The van der Waals surface area contributed by atoms with Gasteiger partial charge in [-0.05, 0) is 48.8 Å². The quantitative estimate of drug-likeness (QED) is 0.898. The molecule has 1 aromatic carbocycles. The summed E-state index contributed by atoms with van der Waals surface area (Å²) in [7, 11) is -3.61. The van der Waals surface area contributed by atoms with Crippen molar-refractivity contribution >= 4 is 10.0 Å². The van der Waals surface area contributed by atoms with Crippen LogP contribution in [0, 0.1) is 11.3 Å². The standard InChI is InChI=1S/C16H26N2O2S/c1-11-9-16(3,4)10-15(11)18-12(2)13-5-7-14(8-6-13)21(17,19)20/h5-8,11-12,15,18H,9-10H2,1-4H3,(H2,17,19,20). The van der Waals surface area contributed by atoms with E-state index in [1.807, 2.05) is 12.1 Å². The Hall–Kier alpha value is -0.910. The molecule has 21 heavy (non-hydrogen) atoms. The molecule has 1 aliphatic rings. The first-order valence-electron chi connectivity index (χ1n) is 7.47. The molecule has 0 spiro atoms. The molecule has 1 saturated carbocycles. The first kappa shape index (κ1) is 16.5. The third-order valence-electron chi connectivity index (χ3n) is 4.51. The number of hydrogen-bond acceptors (Lipinski definition) is 3. The highest BCUT2D eigenvalue weighted by Gasteiger charge is 2.36. The number of nitrogens with one attached hydrogen (secondary N) is 1. The van der Waals surface area contributed by atoms with E-state index in [9.17, 15) is 8.42 Å². The summed E-state index contributed by atoms with van der Waals surface area (Å²) in [5.74, 6) is 0.658. The number of rotatable bonds is 4. The second kappa shape index (κ2) is 5.71. The van der Waals surface area contributed by atoms with Crippen LogP contribution in [-0.2, 0) is 10.0 Å². The molecule has 2 rings (SSSR count). The van der Waals surface area contributed by atoms with Gasteiger partial charge in [0.15, 0.2) is 0 Å². The Morgan fingerprint density at radius 3 is 2.24 bits per heavy atom. The molecule has 0 heterocycles. The fourth-order valence-corrected chi connectivity index (χ4v) is 4.00. The zero-order valence-electron chi connectivity index (χ0n) is 13.3. The van der Waals surface area contributed by atoms with Crippen LogP contribution in [0.15, 0.2) is 29.2 Å². The summed E-state index contributed by atoms with van der Waals surface area (Å²) >= 11 is 0. The smallest absolute Gasteiger partial charge is 0.238 e. The van der Waals surface area contributed by atoms with Crippen LogP contribution in [0.1, 0.15) is 52.1 Å². The van der Waals surface area contributed by atoms with E-state index in [-0.39, 0.29) is 10.9 Å². The predicted molar refractivity (Wildman–Crippen MR) is 85.3 cm³/mol. The molecular formula is C16H26N2O2S. The average molecular weight is 310 g/mol. The van der Waals surface area contributed by atoms with Gasteiger partial charge >= 0.3 is 0 Å². The van der Waals surface area contributed by atoms with Gasteiger partial charge in [-0.25, -0.2) is 13.6 Å². The van der Waals surface area contributed by atoms with Gasteiger partial charge in [0.1, 0.15) is 0 Å². The van der Waals surface area contributed by atoms with Gasteiger partial charge in [-0.15, -0.1) is 0 Å². The third-order valence-corrected chi connectivity index (χ3v) is 5.44. The lowest BCUT2D eigenvalue weighted by atomic mass is 9.91. The van der Waals surface area contributed by atoms with Crippen LogP contribution in [0.4, 0.5) is 0 Å². The molecule has 0 aromatic heterocycles. The van der Waals surface area contributed by atoms with Gasteiger partial charge in [-0.3, -0.25) is 0 Å². The molecule has 0 saturated heterocycles. The van der Waals surface area contributed by atoms with E-state index < -0.39 is 10.0 Å². The molecule has 1 aliphatic carbocycles. The van der Waals surface area contributed by atoms with Gasteiger partial charge in [0.05, 0.1) is 4.90 Å². The second-order valence-electron chi connectivity index (χ2n) is 7.16. The summed E-state index contributed by atoms with van der Waals surface area (Å²) in [5.41, 5.74) is 1.48. The van der Waals surface area contributed by atoms with Gasteiger partial charge in [0.2, 0.25) is 10.0 Å². The fraction of sp³-hybridized carbons (Fsp3) is 0.625. The summed E-state index contributed by atoms with van der Waals surface area (Å²) in [6.07, 6.45) is 2.41. The van der Waals surface area contributed by atoms with E-state index in [1.54, 1.807) is 12.1 Å². The molecule has 3 atom stereocenters. The number of primary sulfonamides is 1. The molecule has 0 radical (unpaired) electrons. The molecule has 118 valence electrons. The average Bonchev–Trinajstić information content (AvgIpc) is 2.61. The topological polar surface area (TPSA) is 72.2 Å². The highest BCUT2D eigenvalue weighted by Crippen LogP contribution is 2.41. The highest BCUT2D eigenvalue weighted by atomic mass is 32.2. The molecule has 3 N–H and O–H groups in total. The maximum absolute atomic E-state index is 11.3. The Morgan fingerprint density at radius 1 is 1.24 bits per heavy atom. The second-order valence-corrected chi connectivity index (χ2v) is 8.72. The lowest BCUT2D eigenvalue weighted by Crippen LogP contribution is -2.33. The van der Waals surface area contributed by atoms with Crippen LogP contribution in [0.25, 0.3) is 0 Å². The Balaban J connectivity index is 2.06. The molecule has 1 aromatic rings. The van der Waals surface area contributed by atoms with E-state index in [1.165, 1.54) is 12.8 Å². The molecule has 0 aliphatic heterocycles. The first-order chi connectivity index (χ1) is 9.58. The summed E-state index contributed by atoms with van der Waals surface area (Å²) in [6.45, 7) is 9.04. The lowest BCUT2D eigenvalue weighted by Gasteiger charge is -2.24. The minimum Gasteiger partial charge on any atom is -0.307 e. The first-order valence-corrected chi connectivity index (χ1v) is 9.02. The van der Waals surface area contributed by atoms with Gasteiger partial charge in [0, 0.05) is 12.1 Å². The monoisotopic (exact) mass is 310 g/mol. The predicted octanol–water partition coefficient (Wildman–Crippen LogP) is 2.81. The molecule has 3 unspecified atom stereocenters. The zero-order valence-corrected chi connectivity index (χ0v) is 14.1. The van der Waals surface area contributed by atoms with Crippen LogP contribution < -0.4 is 10.5 Å². The van der Waals surface area contributed by atoms with Crippen LogP contribution >= 0.6 is 0 Å². The number of benzene rings is 1. The van der Waals surface area contributed by atoms with Crippen molar-refractivity contribution in [1.29, 1.82) is 0 Å². The molecule has 4 nitrogen and oxygen atoms in total. The Morgan fingerprint density at radius 2 is 1.81 bits per heavy atom. The van der Waals surface area contributed by atoms with Crippen LogP contribution in [0.5, 0.6) is 0 Å². The van der Waals surface area contributed by atoms with Crippen LogP contribution in [0.2, 0.25) is 0 Å². The third kappa shape index (κ3) is 4.05. The SMILES string of the molecule is CC(NC1CC(C)(C)CC1C)c1ccc(S(N)(=O)=O)cc1. The van der Waals surface area contributed by atoms with Gasteiger partial charge in [-0.1, -0.05) is 32.9 Å². The van der Waals surface area contributed by atoms with E-state index in [2.05, 4.69) is 33.0 Å². The van der Waals surface area contributed by atoms with Crippen molar-refractivity contribution in [2.45, 2.75) is 57.5 Å². The normalized spacial score (nSPS) is 26.7.